The third kappa shape index (κ3) is 5.31. The van der Waals surface area contributed by atoms with Crippen molar-refractivity contribution in [3.63, 3.8) is 0 Å². The third-order valence-electron chi connectivity index (χ3n) is 6.47. The van der Waals surface area contributed by atoms with Crippen molar-refractivity contribution in [1.29, 1.82) is 0 Å². The maximum atomic E-state index is 13.3. The summed E-state index contributed by atoms with van der Waals surface area (Å²) in [6.07, 6.45) is 1.18. The average Bonchev–Trinajstić information content (AvgIpc) is 2.82. The number of ether oxygens (including phenoxy) is 1. The van der Waals surface area contributed by atoms with Crippen molar-refractivity contribution in [1.82, 2.24) is 10.2 Å². The number of non-ortho nitro benzene ring substituents is 1. The molecule has 1 amide bonds. The quantitative estimate of drug-likeness (QED) is 0.373. The summed E-state index contributed by atoms with van der Waals surface area (Å²) in [6.45, 7) is 3.96. The molecule has 9 heteroatoms. The van der Waals surface area contributed by atoms with Gasteiger partial charge in [-0.15, -0.1) is 0 Å². The predicted molar refractivity (Wildman–Crippen MR) is 123 cm³/mol. The molecule has 33 heavy (non-hydrogen) atoms. The number of nitro groups is 1. The van der Waals surface area contributed by atoms with E-state index in [4.69, 9.17) is 4.74 Å². The highest BCUT2D eigenvalue weighted by atomic mass is 19.1. The Hall–Kier alpha value is -3.04. The molecule has 1 fully saturated rings. The molecule has 1 saturated heterocycles. The Balaban J connectivity index is 1.55. The Morgan fingerprint density at radius 1 is 1.24 bits per heavy atom. The molecule has 2 aromatic rings. The number of methoxy groups -OCH3 is 1. The fourth-order valence-electron chi connectivity index (χ4n) is 4.83. The van der Waals surface area contributed by atoms with E-state index in [2.05, 4.69) is 15.1 Å². The summed E-state index contributed by atoms with van der Waals surface area (Å²) in [5.41, 5.74) is 2.87. The Morgan fingerprint density at radius 2 is 2.03 bits per heavy atom. The van der Waals surface area contributed by atoms with Gasteiger partial charge in [0, 0.05) is 64.3 Å². The molecule has 8 nitrogen and oxygen atoms in total. The lowest BCUT2D eigenvalue weighted by Crippen LogP contribution is -2.60. The van der Waals surface area contributed by atoms with Gasteiger partial charge in [-0.25, -0.2) is 4.39 Å². The molecule has 176 valence electrons. The van der Waals surface area contributed by atoms with Gasteiger partial charge in [0.1, 0.15) is 5.82 Å². The summed E-state index contributed by atoms with van der Waals surface area (Å²) in [6, 6.07) is 11.4. The molecule has 0 aliphatic carbocycles. The van der Waals surface area contributed by atoms with Crippen LogP contribution in [0.2, 0.25) is 0 Å². The fourth-order valence-corrected chi connectivity index (χ4v) is 4.83. The van der Waals surface area contributed by atoms with E-state index in [0.717, 1.165) is 29.8 Å². The van der Waals surface area contributed by atoms with Gasteiger partial charge in [0.15, 0.2) is 0 Å². The van der Waals surface area contributed by atoms with E-state index in [0.29, 0.717) is 39.2 Å². The zero-order chi connectivity index (χ0) is 23.4. The van der Waals surface area contributed by atoms with Crippen molar-refractivity contribution >= 4 is 17.3 Å². The van der Waals surface area contributed by atoms with Crippen LogP contribution in [-0.4, -0.2) is 61.7 Å². The van der Waals surface area contributed by atoms with Crippen LogP contribution in [0, 0.1) is 21.8 Å². The van der Waals surface area contributed by atoms with Gasteiger partial charge in [-0.05, 0) is 42.2 Å². The lowest BCUT2D eigenvalue weighted by atomic mass is 9.83. The molecule has 2 aliphatic heterocycles. The zero-order valence-electron chi connectivity index (χ0n) is 18.7. The van der Waals surface area contributed by atoms with Crippen molar-refractivity contribution in [2.24, 2.45) is 5.92 Å². The van der Waals surface area contributed by atoms with Gasteiger partial charge in [-0.2, -0.15) is 0 Å². The van der Waals surface area contributed by atoms with E-state index < -0.39 is 4.92 Å². The zero-order valence-corrected chi connectivity index (χ0v) is 18.7. The highest BCUT2D eigenvalue weighted by Crippen LogP contribution is 2.38. The first-order valence-corrected chi connectivity index (χ1v) is 11.2. The minimum Gasteiger partial charge on any atom is -0.385 e. The number of carbonyl (C=O) groups excluding carboxylic acids is 1. The SMILES string of the molecule is COCCCNC(=O)[C@H]1Cc2cc([N+](=O)[O-])ccc2N2CCN(Cc3ccc(F)cc3)C[C@@H]12. The van der Waals surface area contributed by atoms with Crippen molar-refractivity contribution in [2.75, 3.05) is 44.8 Å². The van der Waals surface area contributed by atoms with Crippen molar-refractivity contribution in [2.45, 2.75) is 25.4 Å². The largest absolute Gasteiger partial charge is 0.385 e. The van der Waals surface area contributed by atoms with E-state index in [-0.39, 0.29) is 29.4 Å². The van der Waals surface area contributed by atoms with Crippen LogP contribution in [-0.2, 0) is 22.5 Å². The van der Waals surface area contributed by atoms with E-state index in [1.54, 1.807) is 25.3 Å². The molecule has 0 bridgehead atoms. The molecular formula is C24H29FN4O4. The first-order valence-electron chi connectivity index (χ1n) is 11.2. The predicted octanol–water partition coefficient (Wildman–Crippen LogP) is 2.75. The van der Waals surface area contributed by atoms with Crippen LogP contribution in [0.3, 0.4) is 0 Å². The van der Waals surface area contributed by atoms with E-state index in [1.165, 1.54) is 18.2 Å². The molecule has 0 spiro atoms. The number of fused-ring (bicyclic) bond motifs is 3. The molecule has 0 saturated carbocycles. The van der Waals surface area contributed by atoms with Crippen molar-refractivity contribution < 1.29 is 18.8 Å². The molecule has 2 heterocycles. The second kappa shape index (κ2) is 10.3. The summed E-state index contributed by atoms with van der Waals surface area (Å²) in [4.78, 5) is 28.6. The van der Waals surface area contributed by atoms with Crippen LogP contribution in [0.4, 0.5) is 15.8 Å². The number of benzene rings is 2. The van der Waals surface area contributed by atoms with Gasteiger partial charge in [-0.3, -0.25) is 19.8 Å². The number of hydrogen-bond acceptors (Lipinski definition) is 6. The second-order valence-corrected chi connectivity index (χ2v) is 8.64. The standard InChI is InChI=1S/C24H29FN4O4/c1-33-12-2-9-26-24(30)21-14-18-13-20(29(31)32)7-8-22(18)28-11-10-27(16-23(21)28)15-17-3-5-19(25)6-4-17/h3-8,13,21,23H,2,9-12,14-16H2,1H3,(H,26,30)/t21-,23-/m0/s1. The molecule has 0 radical (unpaired) electrons. The number of carbonyl (C=O) groups is 1. The summed E-state index contributed by atoms with van der Waals surface area (Å²) in [7, 11) is 1.63. The minimum absolute atomic E-state index is 0.0399. The Morgan fingerprint density at radius 3 is 2.76 bits per heavy atom. The van der Waals surface area contributed by atoms with Crippen LogP contribution < -0.4 is 10.2 Å². The highest BCUT2D eigenvalue weighted by molar-refractivity contribution is 5.82. The van der Waals surface area contributed by atoms with E-state index in [1.807, 2.05) is 6.07 Å². The molecule has 0 aromatic heterocycles. The number of rotatable bonds is 8. The minimum atomic E-state index is -0.396. The van der Waals surface area contributed by atoms with Gasteiger partial charge in [0.05, 0.1) is 16.9 Å². The van der Waals surface area contributed by atoms with Gasteiger partial charge >= 0.3 is 0 Å². The number of anilines is 1. The third-order valence-corrected chi connectivity index (χ3v) is 6.47. The van der Waals surface area contributed by atoms with Crippen LogP contribution in [0.25, 0.3) is 0 Å². The summed E-state index contributed by atoms with van der Waals surface area (Å²) < 4.78 is 18.3. The van der Waals surface area contributed by atoms with Gasteiger partial charge in [-0.1, -0.05) is 12.1 Å². The average molecular weight is 457 g/mol. The molecule has 2 atom stereocenters. The summed E-state index contributed by atoms with van der Waals surface area (Å²) in [5, 5.41) is 14.3. The smallest absolute Gasteiger partial charge is 0.269 e. The molecular weight excluding hydrogens is 427 g/mol. The molecule has 0 unspecified atom stereocenters. The number of nitrogens with one attached hydrogen (secondary N) is 1. The van der Waals surface area contributed by atoms with Crippen LogP contribution >= 0.6 is 0 Å². The first kappa shape index (κ1) is 23.1. The first-order chi connectivity index (χ1) is 16.0. The Labute approximate surface area is 192 Å². The Bertz CT molecular complexity index is 1000. The summed E-state index contributed by atoms with van der Waals surface area (Å²) in [5.74, 6) is -0.619. The van der Waals surface area contributed by atoms with Crippen molar-refractivity contribution in [3.05, 3.63) is 69.5 Å². The number of amides is 1. The molecule has 2 aliphatic rings. The lowest BCUT2D eigenvalue weighted by molar-refractivity contribution is -0.384. The van der Waals surface area contributed by atoms with Crippen LogP contribution in [0.5, 0.6) is 0 Å². The number of nitrogens with zero attached hydrogens (tertiary/aromatic N) is 3. The molecule has 2 aromatic carbocycles. The number of nitro benzene ring substituents is 1. The van der Waals surface area contributed by atoms with Gasteiger partial charge < -0.3 is 15.0 Å². The second-order valence-electron chi connectivity index (χ2n) is 8.64. The maximum Gasteiger partial charge on any atom is 0.269 e. The molecule has 4 rings (SSSR count). The summed E-state index contributed by atoms with van der Waals surface area (Å²) >= 11 is 0. The number of hydrogen-bond donors (Lipinski definition) is 1. The number of piperazine rings is 1. The lowest BCUT2D eigenvalue weighted by Gasteiger charge is -2.49. The van der Waals surface area contributed by atoms with Crippen LogP contribution in [0.1, 0.15) is 17.5 Å². The molecule has 1 N–H and O–H groups in total. The van der Waals surface area contributed by atoms with Crippen molar-refractivity contribution in [3.8, 4) is 0 Å². The van der Waals surface area contributed by atoms with Gasteiger partial charge in [0.2, 0.25) is 5.91 Å². The van der Waals surface area contributed by atoms with Gasteiger partial charge in [0.25, 0.3) is 5.69 Å². The normalized spacial score (nSPS) is 20.1. The van der Waals surface area contributed by atoms with Crippen LogP contribution in [0.15, 0.2) is 42.5 Å². The number of halogens is 1. The maximum absolute atomic E-state index is 13.3. The highest BCUT2D eigenvalue weighted by Gasteiger charge is 2.41. The topological polar surface area (TPSA) is 87.9 Å². The fraction of sp³-hybridized carbons (Fsp3) is 0.458. The monoisotopic (exact) mass is 456 g/mol. The van der Waals surface area contributed by atoms with E-state index >= 15 is 0 Å². The van der Waals surface area contributed by atoms with E-state index in [9.17, 15) is 19.3 Å². The Kier molecular flexibility index (Phi) is 7.20.